The first-order valence-corrected chi connectivity index (χ1v) is 5.65. The minimum atomic E-state index is 0.736. The first-order chi connectivity index (χ1) is 7.74. The van der Waals surface area contributed by atoms with E-state index in [0.717, 1.165) is 25.4 Å². The van der Waals surface area contributed by atoms with Gasteiger partial charge in [-0.05, 0) is 48.6 Å². The van der Waals surface area contributed by atoms with Crippen molar-refractivity contribution in [1.82, 2.24) is 0 Å². The minimum absolute atomic E-state index is 0.736. The van der Waals surface area contributed by atoms with E-state index in [1.54, 1.807) is 7.11 Å². The Morgan fingerprint density at radius 3 is 2.62 bits per heavy atom. The maximum atomic E-state index is 5.34. The summed E-state index contributed by atoms with van der Waals surface area (Å²) < 4.78 is 10.7. The molecule has 0 unspecified atom stereocenters. The van der Waals surface area contributed by atoms with Crippen LogP contribution in [0.2, 0.25) is 0 Å². The summed E-state index contributed by atoms with van der Waals surface area (Å²) in [4.78, 5) is 0. The molecule has 1 aliphatic rings. The summed E-state index contributed by atoms with van der Waals surface area (Å²) in [6.45, 7) is 5.83. The molecule has 1 aromatic carbocycles. The van der Waals surface area contributed by atoms with Gasteiger partial charge in [0.15, 0.2) is 0 Å². The summed E-state index contributed by atoms with van der Waals surface area (Å²) in [5.74, 6) is 0.967. The zero-order chi connectivity index (χ0) is 11.5. The largest absolute Gasteiger partial charge is 0.496 e. The molecular weight excluding hydrogens is 200 g/mol. The molecule has 2 heteroatoms. The summed E-state index contributed by atoms with van der Waals surface area (Å²) in [6.07, 6.45) is 3.18. The molecule has 0 radical (unpaired) electrons. The fourth-order valence-corrected chi connectivity index (χ4v) is 2.14. The number of hydrogen-bond donors (Lipinski definition) is 0. The van der Waals surface area contributed by atoms with Crippen LogP contribution in [0.5, 0.6) is 5.75 Å². The van der Waals surface area contributed by atoms with Crippen LogP contribution in [0.3, 0.4) is 0 Å². The number of ether oxygens (including phenoxy) is 2. The van der Waals surface area contributed by atoms with E-state index in [1.807, 2.05) is 6.07 Å². The number of hydrogen-bond acceptors (Lipinski definition) is 2. The number of methoxy groups -OCH3 is 1. The second-order valence-electron chi connectivity index (χ2n) is 4.12. The van der Waals surface area contributed by atoms with Gasteiger partial charge < -0.3 is 9.47 Å². The van der Waals surface area contributed by atoms with Crippen molar-refractivity contribution in [3.63, 3.8) is 0 Å². The highest BCUT2D eigenvalue weighted by molar-refractivity contribution is 5.70. The second-order valence-corrected chi connectivity index (χ2v) is 4.12. The predicted octanol–water partition coefficient (Wildman–Crippen LogP) is 3.12. The molecule has 0 N–H and O–H groups in total. The Labute approximate surface area is 96.9 Å². The lowest BCUT2D eigenvalue weighted by Gasteiger charge is -2.18. The van der Waals surface area contributed by atoms with E-state index in [-0.39, 0.29) is 0 Å². The van der Waals surface area contributed by atoms with E-state index >= 15 is 0 Å². The van der Waals surface area contributed by atoms with Gasteiger partial charge in [-0.25, -0.2) is 0 Å². The van der Waals surface area contributed by atoms with Gasteiger partial charge in [0.2, 0.25) is 0 Å². The van der Waals surface area contributed by atoms with Crippen molar-refractivity contribution in [2.75, 3.05) is 20.3 Å². The zero-order valence-corrected chi connectivity index (χ0v) is 10.2. The van der Waals surface area contributed by atoms with Gasteiger partial charge >= 0.3 is 0 Å². The monoisotopic (exact) mass is 218 g/mol. The molecule has 0 saturated heterocycles. The van der Waals surface area contributed by atoms with Gasteiger partial charge in [0.25, 0.3) is 0 Å². The Morgan fingerprint density at radius 1 is 1.19 bits per heavy atom. The molecule has 2 rings (SSSR count). The third kappa shape index (κ3) is 1.98. The topological polar surface area (TPSA) is 18.5 Å². The van der Waals surface area contributed by atoms with Crippen molar-refractivity contribution in [2.45, 2.75) is 20.3 Å². The summed E-state index contributed by atoms with van der Waals surface area (Å²) in [7, 11) is 1.72. The molecule has 0 bridgehead atoms. The Morgan fingerprint density at radius 2 is 2.00 bits per heavy atom. The summed E-state index contributed by atoms with van der Waals surface area (Å²) >= 11 is 0. The van der Waals surface area contributed by atoms with Crippen LogP contribution in [-0.4, -0.2) is 20.3 Å². The van der Waals surface area contributed by atoms with Gasteiger partial charge in [-0.2, -0.15) is 0 Å². The fraction of sp³-hybridized carbons (Fsp3) is 0.429. The van der Waals surface area contributed by atoms with Crippen LogP contribution in [0.25, 0.3) is 5.57 Å². The standard InChI is InChI=1S/C14H18O2/c1-10-11(2)14(15-3)5-4-13(10)12-6-8-16-9-7-12/h4-6H,7-9H2,1-3H3. The van der Waals surface area contributed by atoms with Gasteiger partial charge in [-0.1, -0.05) is 12.1 Å². The molecule has 0 aliphatic carbocycles. The van der Waals surface area contributed by atoms with E-state index in [2.05, 4.69) is 26.0 Å². The van der Waals surface area contributed by atoms with Crippen molar-refractivity contribution in [1.29, 1.82) is 0 Å². The molecule has 0 spiro atoms. The molecule has 0 atom stereocenters. The third-order valence-electron chi connectivity index (χ3n) is 3.27. The van der Waals surface area contributed by atoms with Crippen LogP contribution >= 0.6 is 0 Å². The summed E-state index contributed by atoms with van der Waals surface area (Å²) in [5, 5.41) is 0. The SMILES string of the molecule is COc1ccc(C2=CCOCC2)c(C)c1C. The van der Waals surface area contributed by atoms with Crippen molar-refractivity contribution < 1.29 is 9.47 Å². The molecule has 0 saturated carbocycles. The van der Waals surface area contributed by atoms with Crippen LogP contribution < -0.4 is 4.74 Å². The van der Waals surface area contributed by atoms with Crippen molar-refractivity contribution in [2.24, 2.45) is 0 Å². The molecule has 1 aliphatic heterocycles. The third-order valence-corrected chi connectivity index (χ3v) is 3.27. The maximum Gasteiger partial charge on any atom is 0.122 e. The van der Waals surface area contributed by atoms with Crippen LogP contribution in [0.15, 0.2) is 18.2 Å². The Hall–Kier alpha value is -1.28. The van der Waals surface area contributed by atoms with Gasteiger partial charge in [-0.15, -0.1) is 0 Å². The Kier molecular flexibility index (Phi) is 3.30. The first kappa shape index (κ1) is 11.2. The van der Waals surface area contributed by atoms with Crippen LogP contribution in [0.4, 0.5) is 0 Å². The zero-order valence-electron chi connectivity index (χ0n) is 10.2. The molecule has 0 aromatic heterocycles. The van der Waals surface area contributed by atoms with Gasteiger partial charge in [0.1, 0.15) is 5.75 Å². The molecule has 0 amide bonds. The first-order valence-electron chi connectivity index (χ1n) is 5.65. The average molecular weight is 218 g/mol. The molecule has 0 fully saturated rings. The lowest BCUT2D eigenvalue weighted by atomic mass is 9.94. The molecule has 16 heavy (non-hydrogen) atoms. The highest BCUT2D eigenvalue weighted by atomic mass is 16.5. The van der Waals surface area contributed by atoms with Gasteiger partial charge in [0.05, 0.1) is 20.3 Å². The van der Waals surface area contributed by atoms with Crippen LogP contribution in [-0.2, 0) is 4.74 Å². The van der Waals surface area contributed by atoms with E-state index in [4.69, 9.17) is 9.47 Å². The van der Waals surface area contributed by atoms with E-state index < -0.39 is 0 Å². The van der Waals surface area contributed by atoms with Crippen LogP contribution in [0, 0.1) is 13.8 Å². The smallest absolute Gasteiger partial charge is 0.122 e. The molecule has 86 valence electrons. The van der Waals surface area contributed by atoms with Gasteiger partial charge in [-0.3, -0.25) is 0 Å². The molecule has 2 nitrogen and oxygen atoms in total. The minimum Gasteiger partial charge on any atom is -0.496 e. The van der Waals surface area contributed by atoms with E-state index in [9.17, 15) is 0 Å². The van der Waals surface area contributed by atoms with E-state index in [0.29, 0.717) is 0 Å². The predicted molar refractivity (Wildman–Crippen MR) is 65.9 cm³/mol. The van der Waals surface area contributed by atoms with Crippen LogP contribution in [0.1, 0.15) is 23.1 Å². The number of rotatable bonds is 2. The normalized spacial score (nSPS) is 15.8. The Balaban J connectivity index is 2.42. The molecular formula is C14H18O2. The Bertz CT molecular complexity index is 419. The molecule has 1 heterocycles. The summed E-state index contributed by atoms with van der Waals surface area (Å²) in [6, 6.07) is 4.20. The highest BCUT2D eigenvalue weighted by Crippen LogP contribution is 2.30. The molecule has 1 aromatic rings. The van der Waals surface area contributed by atoms with Gasteiger partial charge in [0, 0.05) is 0 Å². The quantitative estimate of drug-likeness (QED) is 0.759. The second kappa shape index (κ2) is 4.71. The highest BCUT2D eigenvalue weighted by Gasteiger charge is 2.12. The maximum absolute atomic E-state index is 5.34. The summed E-state index contributed by atoms with van der Waals surface area (Å²) in [5.41, 5.74) is 5.27. The lowest BCUT2D eigenvalue weighted by molar-refractivity contribution is 0.161. The fourth-order valence-electron chi connectivity index (χ4n) is 2.14. The van der Waals surface area contributed by atoms with Crippen molar-refractivity contribution >= 4 is 5.57 Å². The lowest BCUT2D eigenvalue weighted by Crippen LogP contribution is -2.05. The van der Waals surface area contributed by atoms with Crippen molar-refractivity contribution in [3.05, 3.63) is 34.9 Å². The number of benzene rings is 1. The average Bonchev–Trinajstić information content (AvgIpc) is 2.34. The van der Waals surface area contributed by atoms with Crippen molar-refractivity contribution in [3.8, 4) is 5.75 Å². The van der Waals surface area contributed by atoms with E-state index in [1.165, 1.54) is 22.3 Å².